The highest BCUT2D eigenvalue weighted by atomic mass is 32.1. The molecule has 1 heterocycles. The molecule has 0 radical (unpaired) electrons. The van der Waals surface area contributed by atoms with Gasteiger partial charge in [0.1, 0.15) is 0 Å². The Hall–Kier alpha value is -0.970. The van der Waals surface area contributed by atoms with Crippen molar-refractivity contribution in [1.29, 1.82) is 0 Å². The number of nitrogens with zero attached hydrogens (tertiary/aromatic N) is 1. The summed E-state index contributed by atoms with van der Waals surface area (Å²) in [6, 6.07) is 8.71. The molecule has 1 aromatic carbocycles. The normalized spacial score (nSPS) is 18.4. The van der Waals surface area contributed by atoms with Crippen LogP contribution in [0.2, 0.25) is 0 Å². The molecule has 3 rings (SSSR count). The lowest BCUT2D eigenvalue weighted by Gasteiger charge is -2.25. The first kappa shape index (κ1) is 14.0. The average Bonchev–Trinajstić information content (AvgIpc) is 2.90. The first-order valence-corrected chi connectivity index (χ1v) is 8.47. The lowest BCUT2D eigenvalue weighted by molar-refractivity contribution is 0.298. The number of hydrogen-bond donors (Lipinski definition) is 2. The van der Waals surface area contributed by atoms with E-state index < -0.39 is 0 Å². The SMILES string of the molecule is NNC(Cc1nc2ccccc2s1)CC1CCCCC1. The summed E-state index contributed by atoms with van der Waals surface area (Å²) in [7, 11) is 0. The molecular weight excluding hydrogens is 266 g/mol. The van der Waals surface area contributed by atoms with E-state index >= 15 is 0 Å². The van der Waals surface area contributed by atoms with Crippen LogP contribution in [0.15, 0.2) is 24.3 Å². The molecule has 1 aliphatic rings. The number of nitrogens with one attached hydrogen (secondary N) is 1. The quantitative estimate of drug-likeness (QED) is 0.652. The summed E-state index contributed by atoms with van der Waals surface area (Å²) in [5, 5.41) is 1.20. The van der Waals surface area contributed by atoms with E-state index in [0.29, 0.717) is 6.04 Å². The second-order valence-corrected chi connectivity index (χ2v) is 7.00. The minimum atomic E-state index is 0.360. The molecule has 20 heavy (non-hydrogen) atoms. The Kier molecular flexibility index (Phi) is 4.65. The van der Waals surface area contributed by atoms with Crippen LogP contribution in [-0.2, 0) is 6.42 Å². The smallest absolute Gasteiger partial charge is 0.0954 e. The Morgan fingerprint density at radius 1 is 1.25 bits per heavy atom. The first-order valence-electron chi connectivity index (χ1n) is 7.65. The molecule has 4 heteroatoms. The van der Waals surface area contributed by atoms with Crippen LogP contribution in [0, 0.1) is 5.92 Å². The fourth-order valence-electron chi connectivity index (χ4n) is 3.25. The van der Waals surface area contributed by atoms with Crippen molar-refractivity contribution < 1.29 is 0 Å². The van der Waals surface area contributed by atoms with Gasteiger partial charge in [-0.05, 0) is 24.5 Å². The summed E-state index contributed by atoms with van der Waals surface area (Å²) < 4.78 is 1.27. The summed E-state index contributed by atoms with van der Waals surface area (Å²) >= 11 is 1.80. The van der Waals surface area contributed by atoms with Crippen molar-refractivity contribution in [3.63, 3.8) is 0 Å². The van der Waals surface area contributed by atoms with Crippen molar-refractivity contribution in [1.82, 2.24) is 10.4 Å². The van der Waals surface area contributed by atoms with E-state index in [-0.39, 0.29) is 0 Å². The minimum absolute atomic E-state index is 0.360. The van der Waals surface area contributed by atoms with Gasteiger partial charge in [-0.25, -0.2) is 4.98 Å². The van der Waals surface area contributed by atoms with Gasteiger partial charge in [0.05, 0.1) is 15.2 Å². The summed E-state index contributed by atoms with van der Waals surface area (Å²) in [5.41, 5.74) is 4.12. The molecule has 1 atom stereocenters. The molecule has 108 valence electrons. The van der Waals surface area contributed by atoms with Crippen LogP contribution in [0.25, 0.3) is 10.2 Å². The van der Waals surface area contributed by atoms with Gasteiger partial charge in [0.25, 0.3) is 0 Å². The zero-order valence-corrected chi connectivity index (χ0v) is 12.7. The van der Waals surface area contributed by atoms with Crippen LogP contribution in [-0.4, -0.2) is 11.0 Å². The zero-order valence-electron chi connectivity index (χ0n) is 11.8. The van der Waals surface area contributed by atoms with Crippen LogP contribution in [0.5, 0.6) is 0 Å². The molecule has 0 spiro atoms. The van der Waals surface area contributed by atoms with Gasteiger partial charge < -0.3 is 0 Å². The number of aromatic nitrogens is 1. The Morgan fingerprint density at radius 2 is 2.05 bits per heavy atom. The number of para-hydroxylation sites is 1. The Balaban J connectivity index is 1.64. The van der Waals surface area contributed by atoms with E-state index in [1.54, 1.807) is 11.3 Å². The summed E-state index contributed by atoms with van der Waals surface area (Å²) in [6.07, 6.45) is 9.08. The highest BCUT2D eigenvalue weighted by Crippen LogP contribution is 2.29. The van der Waals surface area contributed by atoms with E-state index in [2.05, 4.69) is 23.6 Å². The Labute approximate surface area is 124 Å². The third-order valence-corrected chi connectivity index (χ3v) is 5.40. The van der Waals surface area contributed by atoms with Crippen LogP contribution >= 0.6 is 11.3 Å². The Morgan fingerprint density at radius 3 is 2.80 bits per heavy atom. The monoisotopic (exact) mass is 289 g/mol. The third kappa shape index (κ3) is 3.37. The molecular formula is C16H23N3S. The second kappa shape index (κ2) is 6.66. The maximum Gasteiger partial charge on any atom is 0.0954 e. The summed E-state index contributed by atoms with van der Waals surface area (Å²) in [6.45, 7) is 0. The second-order valence-electron chi connectivity index (χ2n) is 5.88. The van der Waals surface area contributed by atoms with Gasteiger partial charge in [-0.1, -0.05) is 44.2 Å². The van der Waals surface area contributed by atoms with Gasteiger partial charge in [0.2, 0.25) is 0 Å². The maximum absolute atomic E-state index is 5.76. The number of hydrogen-bond acceptors (Lipinski definition) is 4. The number of rotatable bonds is 5. The number of benzene rings is 1. The zero-order chi connectivity index (χ0) is 13.8. The van der Waals surface area contributed by atoms with E-state index in [4.69, 9.17) is 10.8 Å². The van der Waals surface area contributed by atoms with Crippen molar-refractivity contribution in [3.8, 4) is 0 Å². The van der Waals surface area contributed by atoms with E-state index in [9.17, 15) is 0 Å². The van der Waals surface area contributed by atoms with Crippen molar-refractivity contribution in [2.45, 2.75) is 51.0 Å². The van der Waals surface area contributed by atoms with Gasteiger partial charge >= 0.3 is 0 Å². The minimum Gasteiger partial charge on any atom is -0.271 e. The van der Waals surface area contributed by atoms with Crippen LogP contribution in [0.3, 0.4) is 0 Å². The lowest BCUT2D eigenvalue weighted by atomic mass is 9.84. The lowest BCUT2D eigenvalue weighted by Crippen LogP contribution is -2.38. The van der Waals surface area contributed by atoms with Crippen molar-refractivity contribution >= 4 is 21.6 Å². The molecule has 1 aliphatic carbocycles. The molecule has 0 saturated heterocycles. The molecule has 1 saturated carbocycles. The molecule has 3 N–H and O–H groups in total. The van der Waals surface area contributed by atoms with Crippen LogP contribution < -0.4 is 11.3 Å². The highest BCUT2D eigenvalue weighted by molar-refractivity contribution is 7.18. The number of thiazole rings is 1. The van der Waals surface area contributed by atoms with E-state index in [1.807, 2.05) is 6.07 Å². The fraction of sp³-hybridized carbons (Fsp3) is 0.562. The van der Waals surface area contributed by atoms with E-state index in [1.165, 1.54) is 48.2 Å². The van der Waals surface area contributed by atoms with Crippen molar-refractivity contribution in [3.05, 3.63) is 29.3 Å². The van der Waals surface area contributed by atoms with Crippen molar-refractivity contribution in [2.75, 3.05) is 0 Å². The summed E-state index contributed by atoms with van der Waals surface area (Å²) in [4.78, 5) is 4.72. The van der Waals surface area contributed by atoms with Crippen LogP contribution in [0.1, 0.15) is 43.5 Å². The number of nitrogens with two attached hydrogens (primary N) is 1. The third-order valence-electron chi connectivity index (χ3n) is 4.34. The highest BCUT2D eigenvalue weighted by Gasteiger charge is 2.19. The number of fused-ring (bicyclic) bond motifs is 1. The Bertz CT molecular complexity index is 512. The van der Waals surface area contributed by atoms with Crippen LogP contribution in [0.4, 0.5) is 0 Å². The number of hydrazine groups is 1. The fourth-order valence-corrected chi connectivity index (χ4v) is 4.30. The topological polar surface area (TPSA) is 50.9 Å². The first-order chi connectivity index (χ1) is 9.85. The molecule has 2 aromatic rings. The molecule has 1 aromatic heterocycles. The molecule has 1 unspecified atom stereocenters. The van der Waals surface area contributed by atoms with Gasteiger partial charge in [0.15, 0.2) is 0 Å². The average molecular weight is 289 g/mol. The van der Waals surface area contributed by atoms with Gasteiger partial charge in [0, 0.05) is 12.5 Å². The molecule has 0 amide bonds. The largest absolute Gasteiger partial charge is 0.271 e. The van der Waals surface area contributed by atoms with Gasteiger partial charge in [-0.15, -0.1) is 11.3 Å². The molecule has 3 nitrogen and oxygen atoms in total. The predicted molar refractivity (Wildman–Crippen MR) is 85.6 cm³/mol. The predicted octanol–water partition coefficient (Wildman–Crippen LogP) is 3.64. The molecule has 1 fully saturated rings. The van der Waals surface area contributed by atoms with E-state index in [0.717, 1.165) is 17.9 Å². The molecule has 0 bridgehead atoms. The van der Waals surface area contributed by atoms with Gasteiger partial charge in [-0.3, -0.25) is 11.3 Å². The van der Waals surface area contributed by atoms with Crippen molar-refractivity contribution in [2.24, 2.45) is 11.8 Å². The standard InChI is InChI=1S/C16H23N3S/c17-19-13(10-12-6-2-1-3-7-12)11-16-18-14-8-4-5-9-15(14)20-16/h4-5,8-9,12-13,19H,1-3,6-7,10-11,17H2. The summed E-state index contributed by atoms with van der Waals surface area (Å²) in [5.74, 6) is 6.61. The maximum atomic E-state index is 5.76. The van der Waals surface area contributed by atoms with Gasteiger partial charge in [-0.2, -0.15) is 0 Å². The molecule has 0 aliphatic heterocycles.